The Morgan fingerprint density at radius 2 is 1.03 bits per heavy atom. The minimum atomic E-state index is 0.778. The molecule has 0 atom stereocenters. The van der Waals surface area contributed by atoms with Crippen molar-refractivity contribution in [1.29, 1.82) is 0 Å². The van der Waals surface area contributed by atoms with Gasteiger partial charge in [0.1, 0.15) is 0 Å². The minimum Gasteiger partial charge on any atom is -0.247 e. The summed E-state index contributed by atoms with van der Waals surface area (Å²) in [6.07, 6.45) is 0. The summed E-state index contributed by atoms with van der Waals surface area (Å²) in [4.78, 5) is 20.5. The SMILES string of the molecule is c1ccc(-c2cccc3c2nc2c4c5c6ccccc6nc-5nc4c4c5ccccc5nc4c32)cc1. The molecule has 0 fully saturated rings. The molecule has 2 aliphatic heterocycles. The third-order valence-corrected chi connectivity index (χ3v) is 7.53. The maximum atomic E-state index is 5.34. The van der Waals surface area contributed by atoms with Gasteiger partial charge in [0.15, 0.2) is 5.82 Å². The Labute approximate surface area is 204 Å². The zero-order chi connectivity index (χ0) is 23.4. The normalized spacial score (nSPS) is 12.4. The van der Waals surface area contributed by atoms with Crippen LogP contribution in [0.1, 0.15) is 0 Å². The van der Waals surface area contributed by atoms with Crippen LogP contribution in [0.15, 0.2) is 97.1 Å². The van der Waals surface area contributed by atoms with Crippen LogP contribution in [0.3, 0.4) is 0 Å². The summed E-state index contributed by atoms with van der Waals surface area (Å²) in [6, 6.07) is 33.6. The predicted octanol–water partition coefficient (Wildman–Crippen LogP) is 7.83. The van der Waals surface area contributed by atoms with Gasteiger partial charge in [0.05, 0.1) is 33.1 Å². The lowest BCUT2D eigenvalue weighted by atomic mass is 9.99. The molecule has 5 aromatic carbocycles. The Kier molecular flexibility index (Phi) is 3.25. The standard InChI is InChI=1S/C32H16N4/c1-2-9-17(10-3-1)18-13-8-14-21-26-29-25(20-12-5-6-15-22(20)33-29)31-27(30(26)35-28(18)21)24-19-11-4-7-16-23(19)34-32(24)36-31/h1-16H. The van der Waals surface area contributed by atoms with E-state index in [2.05, 4.69) is 78.9 Å². The van der Waals surface area contributed by atoms with Gasteiger partial charge in [-0.1, -0.05) is 84.9 Å². The zero-order valence-electron chi connectivity index (χ0n) is 19.0. The first-order chi connectivity index (χ1) is 17.9. The Hall–Kier alpha value is -4.96. The van der Waals surface area contributed by atoms with E-state index in [0.29, 0.717) is 0 Å². The minimum absolute atomic E-state index is 0.778. The maximum absolute atomic E-state index is 5.34. The van der Waals surface area contributed by atoms with E-state index in [1.807, 2.05) is 18.2 Å². The lowest BCUT2D eigenvalue weighted by molar-refractivity contribution is 1.34. The molecule has 2 aromatic heterocycles. The van der Waals surface area contributed by atoms with E-state index in [1.165, 1.54) is 0 Å². The van der Waals surface area contributed by atoms with Crippen molar-refractivity contribution in [3.63, 3.8) is 0 Å². The van der Waals surface area contributed by atoms with E-state index in [9.17, 15) is 0 Å². The van der Waals surface area contributed by atoms with E-state index in [4.69, 9.17) is 19.9 Å². The van der Waals surface area contributed by atoms with Crippen molar-refractivity contribution in [3.05, 3.63) is 97.1 Å². The van der Waals surface area contributed by atoms with E-state index >= 15 is 0 Å². The van der Waals surface area contributed by atoms with Crippen LogP contribution in [-0.2, 0) is 0 Å². The molecule has 4 heterocycles. The monoisotopic (exact) mass is 456 g/mol. The van der Waals surface area contributed by atoms with Gasteiger partial charge in [-0.05, 0) is 17.7 Å². The third-order valence-electron chi connectivity index (χ3n) is 7.53. The van der Waals surface area contributed by atoms with Gasteiger partial charge in [-0.3, -0.25) is 0 Å². The Balaban J connectivity index is 1.60. The van der Waals surface area contributed by atoms with E-state index in [1.54, 1.807) is 0 Å². The lowest BCUT2D eigenvalue weighted by Gasteiger charge is -2.02. The van der Waals surface area contributed by atoms with Crippen LogP contribution >= 0.6 is 0 Å². The quantitative estimate of drug-likeness (QED) is 0.252. The Morgan fingerprint density at radius 1 is 0.389 bits per heavy atom. The van der Waals surface area contributed by atoms with Gasteiger partial charge in [-0.25, -0.2) is 19.9 Å². The van der Waals surface area contributed by atoms with Crippen molar-refractivity contribution < 1.29 is 0 Å². The Morgan fingerprint density at radius 3 is 1.89 bits per heavy atom. The first kappa shape index (κ1) is 18.4. The first-order valence-corrected chi connectivity index (χ1v) is 12.1. The smallest absolute Gasteiger partial charge is 0.161 e. The molecular formula is C32H16N4. The largest absolute Gasteiger partial charge is 0.247 e. The van der Waals surface area contributed by atoms with Crippen LogP contribution in [0, 0.1) is 0 Å². The molecular weight excluding hydrogens is 440 g/mol. The highest BCUT2D eigenvalue weighted by Crippen LogP contribution is 2.48. The molecule has 0 aliphatic carbocycles. The van der Waals surface area contributed by atoms with Crippen LogP contribution in [0.25, 0.3) is 87.9 Å². The highest BCUT2D eigenvalue weighted by Gasteiger charge is 2.28. The van der Waals surface area contributed by atoms with Gasteiger partial charge in [0, 0.05) is 43.4 Å². The van der Waals surface area contributed by atoms with Gasteiger partial charge in [-0.15, -0.1) is 0 Å². The molecule has 0 unspecified atom stereocenters. The van der Waals surface area contributed by atoms with Gasteiger partial charge >= 0.3 is 0 Å². The second-order valence-electron chi connectivity index (χ2n) is 9.42. The number of hydrogen-bond acceptors (Lipinski definition) is 4. The number of aromatic nitrogens is 4. The molecule has 0 saturated heterocycles. The number of para-hydroxylation sites is 3. The molecule has 9 rings (SSSR count). The average molecular weight is 457 g/mol. The van der Waals surface area contributed by atoms with Crippen molar-refractivity contribution in [2.45, 2.75) is 0 Å². The summed E-state index contributed by atoms with van der Waals surface area (Å²) in [7, 11) is 0. The molecule has 0 amide bonds. The van der Waals surface area contributed by atoms with Crippen molar-refractivity contribution >= 4 is 65.4 Å². The maximum Gasteiger partial charge on any atom is 0.161 e. The van der Waals surface area contributed by atoms with Crippen molar-refractivity contribution in [2.75, 3.05) is 0 Å². The van der Waals surface area contributed by atoms with Gasteiger partial charge in [0.2, 0.25) is 0 Å². The molecule has 0 bridgehead atoms. The molecule has 36 heavy (non-hydrogen) atoms. The highest BCUT2D eigenvalue weighted by molar-refractivity contribution is 6.38. The molecule has 2 aliphatic rings. The summed E-state index contributed by atoms with van der Waals surface area (Å²) in [6.45, 7) is 0. The fourth-order valence-corrected chi connectivity index (χ4v) is 6.03. The molecule has 4 nitrogen and oxygen atoms in total. The summed E-state index contributed by atoms with van der Waals surface area (Å²) >= 11 is 0. The van der Waals surface area contributed by atoms with E-state index in [0.717, 1.165) is 87.9 Å². The third kappa shape index (κ3) is 2.15. The molecule has 0 radical (unpaired) electrons. The van der Waals surface area contributed by atoms with Gasteiger partial charge < -0.3 is 0 Å². The van der Waals surface area contributed by atoms with Crippen LogP contribution in [-0.4, -0.2) is 19.9 Å². The van der Waals surface area contributed by atoms with Gasteiger partial charge in [-0.2, -0.15) is 0 Å². The first-order valence-electron chi connectivity index (χ1n) is 12.1. The van der Waals surface area contributed by atoms with E-state index < -0.39 is 0 Å². The fourth-order valence-electron chi connectivity index (χ4n) is 6.03. The fraction of sp³-hybridized carbons (Fsp3) is 0. The topological polar surface area (TPSA) is 51.6 Å². The predicted molar refractivity (Wildman–Crippen MR) is 147 cm³/mol. The van der Waals surface area contributed by atoms with Crippen molar-refractivity contribution in [1.82, 2.24) is 19.9 Å². The van der Waals surface area contributed by atoms with E-state index in [-0.39, 0.29) is 0 Å². The summed E-state index contributed by atoms with van der Waals surface area (Å²) in [5, 5.41) is 6.64. The Bertz CT molecular complexity index is 2250. The summed E-state index contributed by atoms with van der Waals surface area (Å²) < 4.78 is 0. The molecule has 0 spiro atoms. The molecule has 4 heteroatoms. The van der Waals surface area contributed by atoms with Crippen molar-refractivity contribution in [3.8, 4) is 22.5 Å². The number of nitrogens with zero attached hydrogens (tertiary/aromatic N) is 4. The molecule has 164 valence electrons. The highest BCUT2D eigenvalue weighted by atomic mass is 14.9. The number of benzene rings is 5. The average Bonchev–Trinajstić information content (AvgIpc) is 3.66. The van der Waals surface area contributed by atoms with Crippen LogP contribution in [0.4, 0.5) is 0 Å². The number of rotatable bonds is 1. The number of hydrogen-bond donors (Lipinski definition) is 0. The van der Waals surface area contributed by atoms with Gasteiger partial charge in [0.25, 0.3) is 0 Å². The summed E-state index contributed by atoms with van der Waals surface area (Å²) in [5.41, 5.74) is 9.19. The van der Waals surface area contributed by atoms with Crippen LogP contribution < -0.4 is 0 Å². The molecule has 0 saturated carbocycles. The number of fused-ring (bicyclic) bond motifs is 14. The van der Waals surface area contributed by atoms with Crippen LogP contribution in [0.2, 0.25) is 0 Å². The molecule has 0 N–H and O–H groups in total. The second-order valence-corrected chi connectivity index (χ2v) is 9.42. The summed E-state index contributed by atoms with van der Waals surface area (Å²) in [5.74, 6) is 0.778. The zero-order valence-corrected chi connectivity index (χ0v) is 19.0. The lowest BCUT2D eigenvalue weighted by Crippen LogP contribution is -1.79. The second kappa shape index (κ2) is 6.37. The van der Waals surface area contributed by atoms with Crippen LogP contribution in [0.5, 0.6) is 0 Å². The molecule has 7 aromatic rings. The van der Waals surface area contributed by atoms with Crippen molar-refractivity contribution in [2.24, 2.45) is 0 Å².